The summed E-state index contributed by atoms with van der Waals surface area (Å²) >= 11 is 0. The van der Waals surface area contributed by atoms with Gasteiger partial charge in [0, 0.05) is 6.54 Å². The zero-order chi connectivity index (χ0) is 15.6. The van der Waals surface area contributed by atoms with Gasteiger partial charge in [-0.05, 0) is 18.2 Å². The molecule has 0 aliphatic carbocycles. The van der Waals surface area contributed by atoms with E-state index in [0.29, 0.717) is 6.07 Å². The smallest absolute Gasteiger partial charge is 0.225 e. The van der Waals surface area contributed by atoms with Crippen molar-refractivity contribution in [3.8, 4) is 12.3 Å². The van der Waals surface area contributed by atoms with Gasteiger partial charge in [0.2, 0.25) is 20.0 Å². The Labute approximate surface area is 117 Å². The van der Waals surface area contributed by atoms with Crippen molar-refractivity contribution in [3.05, 3.63) is 24.0 Å². The van der Waals surface area contributed by atoms with Crippen molar-refractivity contribution >= 4 is 20.0 Å². The molecule has 0 bridgehead atoms. The lowest BCUT2D eigenvalue weighted by Crippen LogP contribution is -2.32. The molecule has 0 aliphatic heterocycles. The van der Waals surface area contributed by atoms with Crippen LogP contribution in [-0.2, 0) is 20.0 Å². The first kappa shape index (κ1) is 16.6. The summed E-state index contributed by atoms with van der Waals surface area (Å²) in [6.45, 7) is 1.39. The Bertz CT molecular complexity index is 751. The van der Waals surface area contributed by atoms with Crippen LogP contribution in [0.4, 0.5) is 4.39 Å². The molecule has 0 amide bonds. The summed E-state index contributed by atoms with van der Waals surface area (Å²) in [5, 5.41) is 4.84. The summed E-state index contributed by atoms with van der Waals surface area (Å²) in [6.07, 6.45) is 5.05. The number of benzene rings is 1. The fourth-order valence-corrected chi connectivity index (χ4v) is 3.41. The van der Waals surface area contributed by atoms with Gasteiger partial charge in [0.1, 0.15) is 10.7 Å². The minimum atomic E-state index is -4.13. The first-order valence-electron chi connectivity index (χ1n) is 5.40. The fourth-order valence-electron chi connectivity index (χ4n) is 1.48. The summed E-state index contributed by atoms with van der Waals surface area (Å²) < 4.78 is 61.1. The Morgan fingerprint density at radius 3 is 2.35 bits per heavy atom. The Balaban J connectivity index is 3.38. The van der Waals surface area contributed by atoms with Crippen molar-refractivity contribution in [3.63, 3.8) is 0 Å². The zero-order valence-corrected chi connectivity index (χ0v) is 12.2. The Morgan fingerprint density at radius 1 is 1.35 bits per heavy atom. The van der Waals surface area contributed by atoms with Gasteiger partial charge in [-0.15, -0.1) is 6.42 Å². The van der Waals surface area contributed by atoms with E-state index in [1.54, 1.807) is 6.92 Å². The number of nitrogens with two attached hydrogens (primary N) is 1. The van der Waals surface area contributed by atoms with Crippen LogP contribution in [-0.4, -0.2) is 34.2 Å². The van der Waals surface area contributed by atoms with Crippen molar-refractivity contribution in [2.45, 2.75) is 16.7 Å². The van der Waals surface area contributed by atoms with Gasteiger partial charge in [0.15, 0.2) is 0 Å². The molecule has 0 unspecified atom stereocenters. The first-order chi connectivity index (χ1) is 9.14. The molecule has 1 rings (SSSR count). The standard InChI is InChI=1S/C11H13FN2O4S2/c1-3-7-14(4-2)20(17,18)11-6-5-9(8-10(11)12)19(13,15)16/h1,5-6,8H,4,7H2,2H3,(H2,13,15,16). The third-order valence-electron chi connectivity index (χ3n) is 2.47. The van der Waals surface area contributed by atoms with Crippen LogP contribution in [0.5, 0.6) is 0 Å². The minimum Gasteiger partial charge on any atom is -0.225 e. The van der Waals surface area contributed by atoms with Crippen molar-refractivity contribution in [2.24, 2.45) is 5.14 Å². The Morgan fingerprint density at radius 2 is 1.95 bits per heavy atom. The lowest BCUT2D eigenvalue weighted by atomic mass is 10.3. The number of sulfonamides is 2. The van der Waals surface area contributed by atoms with Gasteiger partial charge in [0.25, 0.3) is 0 Å². The summed E-state index contributed by atoms with van der Waals surface area (Å²) in [7, 11) is -8.23. The molecule has 2 N–H and O–H groups in total. The molecule has 6 nitrogen and oxygen atoms in total. The predicted molar refractivity (Wildman–Crippen MR) is 71.0 cm³/mol. The van der Waals surface area contributed by atoms with Gasteiger partial charge < -0.3 is 0 Å². The quantitative estimate of drug-likeness (QED) is 0.779. The first-order valence-corrected chi connectivity index (χ1v) is 8.39. The van der Waals surface area contributed by atoms with Crippen LogP contribution in [0.25, 0.3) is 0 Å². The van der Waals surface area contributed by atoms with E-state index in [1.807, 2.05) is 0 Å². The monoisotopic (exact) mass is 320 g/mol. The van der Waals surface area contributed by atoms with Crippen LogP contribution in [0.3, 0.4) is 0 Å². The second kappa shape index (κ2) is 5.88. The summed E-state index contributed by atoms with van der Waals surface area (Å²) in [6, 6.07) is 2.34. The van der Waals surface area contributed by atoms with Gasteiger partial charge in [-0.2, -0.15) is 4.31 Å². The Hall–Kier alpha value is -1.47. The molecule has 1 aromatic carbocycles. The number of terminal acetylenes is 1. The largest absolute Gasteiger partial charge is 0.246 e. The molecule has 0 fully saturated rings. The number of nitrogens with zero attached hydrogens (tertiary/aromatic N) is 1. The van der Waals surface area contributed by atoms with E-state index in [9.17, 15) is 21.2 Å². The van der Waals surface area contributed by atoms with Crippen molar-refractivity contribution < 1.29 is 21.2 Å². The molecule has 9 heteroatoms. The molecule has 0 spiro atoms. The molecule has 0 saturated carbocycles. The summed E-state index contributed by atoms with van der Waals surface area (Å²) in [5.41, 5.74) is 0. The summed E-state index contributed by atoms with van der Waals surface area (Å²) in [4.78, 5) is -1.16. The van der Waals surface area contributed by atoms with Crippen molar-refractivity contribution in [1.82, 2.24) is 4.31 Å². The molecule has 0 aliphatic rings. The molecule has 0 atom stereocenters. The molecule has 0 heterocycles. The number of hydrogen-bond acceptors (Lipinski definition) is 4. The van der Waals surface area contributed by atoms with E-state index in [0.717, 1.165) is 16.4 Å². The average Bonchev–Trinajstić information content (AvgIpc) is 2.34. The van der Waals surface area contributed by atoms with Crippen molar-refractivity contribution in [2.75, 3.05) is 13.1 Å². The molecule has 0 aromatic heterocycles. The van der Waals surface area contributed by atoms with Crippen LogP contribution < -0.4 is 5.14 Å². The summed E-state index contributed by atoms with van der Waals surface area (Å²) in [5.74, 6) is 0.956. The van der Waals surface area contributed by atoms with E-state index in [-0.39, 0.29) is 13.1 Å². The third kappa shape index (κ3) is 3.34. The van der Waals surface area contributed by atoms with Gasteiger partial charge in [-0.3, -0.25) is 0 Å². The van der Waals surface area contributed by atoms with Crippen LogP contribution in [0.2, 0.25) is 0 Å². The molecular formula is C11H13FN2O4S2. The van der Waals surface area contributed by atoms with Crippen LogP contribution in [0.15, 0.2) is 28.0 Å². The van der Waals surface area contributed by atoms with Gasteiger partial charge in [-0.25, -0.2) is 26.4 Å². The van der Waals surface area contributed by atoms with Gasteiger partial charge in [-0.1, -0.05) is 12.8 Å². The van der Waals surface area contributed by atoms with E-state index in [1.165, 1.54) is 0 Å². The number of rotatable bonds is 5. The van der Waals surface area contributed by atoms with E-state index in [2.05, 4.69) is 5.92 Å². The normalized spacial score (nSPS) is 12.3. The minimum absolute atomic E-state index is 0.0584. The highest BCUT2D eigenvalue weighted by Crippen LogP contribution is 2.21. The average molecular weight is 320 g/mol. The predicted octanol–water partition coefficient (Wildman–Crippen LogP) is 0.117. The van der Waals surface area contributed by atoms with Crippen molar-refractivity contribution in [1.29, 1.82) is 0 Å². The number of primary sulfonamides is 1. The maximum atomic E-state index is 13.8. The van der Waals surface area contributed by atoms with Crippen LogP contribution >= 0.6 is 0 Å². The highest BCUT2D eigenvalue weighted by atomic mass is 32.2. The lowest BCUT2D eigenvalue weighted by Gasteiger charge is -2.18. The second-order valence-electron chi connectivity index (χ2n) is 3.77. The van der Waals surface area contributed by atoms with E-state index >= 15 is 0 Å². The number of halogens is 1. The van der Waals surface area contributed by atoms with Crippen LogP contribution in [0, 0.1) is 18.2 Å². The molecule has 1 aromatic rings. The zero-order valence-electron chi connectivity index (χ0n) is 10.6. The van der Waals surface area contributed by atoms with Crippen LogP contribution in [0.1, 0.15) is 6.92 Å². The highest BCUT2D eigenvalue weighted by Gasteiger charge is 2.26. The third-order valence-corrected chi connectivity index (χ3v) is 5.34. The fraction of sp³-hybridized carbons (Fsp3) is 0.273. The lowest BCUT2D eigenvalue weighted by molar-refractivity contribution is 0.457. The topological polar surface area (TPSA) is 97.5 Å². The SMILES string of the molecule is C#CCN(CC)S(=O)(=O)c1ccc(S(N)(=O)=O)cc1F. The maximum Gasteiger partial charge on any atom is 0.246 e. The van der Waals surface area contributed by atoms with E-state index in [4.69, 9.17) is 11.6 Å². The molecule has 0 radical (unpaired) electrons. The van der Waals surface area contributed by atoms with Gasteiger partial charge in [0.05, 0.1) is 11.4 Å². The maximum absolute atomic E-state index is 13.8. The number of hydrogen-bond donors (Lipinski definition) is 1. The Kier molecular flexibility index (Phi) is 4.88. The van der Waals surface area contributed by atoms with Gasteiger partial charge >= 0.3 is 0 Å². The molecular weight excluding hydrogens is 307 g/mol. The second-order valence-corrected chi connectivity index (χ2v) is 7.24. The molecule has 20 heavy (non-hydrogen) atoms. The molecule has 110 valence electrons. The highest BCUT2D eigenvalue weighted by molar-refractivity contribution is 7.89. The van der Waals surface area contributed by atoms with E-state index < -0.39 is 35.7 Å². The molecule has 0 saturated heterocycles.